The lowest BCUT2D eigenvalue weighted by Crippen LogP contribution is -2.39. The summed E-state index contributed by atoms with van der Waals surface area (Å²) < 4.78 is 0. The van der Waals surface area contributed by atoms with Crippen LogP contribution >= 0.6 is 0 Å². The zero-order valence-electron chi connectivity index (χ0n) is 8.30. The molecule has 3 heteroatoms. The fourth-order valence-electron chi connectivity index (χ4n) is 1.76. The summed E-state index contributed by atoms with van der Waals surface area (Å²) in [5.74, 6) is 0. The number of nitrogens with one attached hydrogen (secondary N) is 1. The van der Waals surface area contributed by atoms with Gasteiger partial charge in [0.2, 0.25) is 0 Å². The van der Waals surface area contributed by atoms with Gasteiger partial charge in [0.1, 0.15) is 0 Å². The van der Waals surface area contributed by atoms with Crippen molar-refractivity contribution in [3.8, 4) is 0 Å². The molecule has 1 aliphatic heterocycles. The van der Waals surface area contributed by atoms with Gasteiger partial charge in [-0.3, -0.25) is 4.90 Å². The molecule has 0 amide bonds. The molecule has 1 saturated heterocycles. The van der Waals surface area contributed by atoms with Crippen LogP contribution in [0.3, 0.4) is 0 Å². The van der Waals surface area contributed by atoms with Crippen molar-refractivity contribution >= 4 is 0 Å². The second-order valence-electron chi connectivity index (χ2n) is 4.32. The summed E-state index contributed by atoms with van der Waals surface area (Å²) in [4.78, 5) is 2.31. The molecule has 0 aromatic heterocycles. The molecule has 72 valence electrons. The van der Waals surface area contributed by atoms with Crippen LogP contribution in [-0.4, -0.2) is 48.3 Å². The Morgan fingerprint density at radius 2 is 2.25 bits per heavy atom. The molecule has 0 bridgehead atoms. The number of likely N-dealkylation sites (N-methyl/N-ethyl adjacent to an activating group) is 1. The first-order valence-electron chi connectivity index (χ1n) is 4.63. The minimum atomic E-state index is -0.553. The second kappa shape index (κ2) is 3.73. The Morgan fingerprint density at radius 1 is 1.58 bits per heavy atom. The van der Waals surface area contributed by atoms with Crippen molar-refractivity contribution in [2.45, 2.75) is 31.9 Å². The zero-order valence-corrected chi connectivity index (χ0v) is 8.30. The lowest BCUT2D eigenvalue weighted by molar-refractivity contribution is 0.0434. The van der Waals surface area contributed by atoms with E-state index < -0.39 is 5.60 Å². The smallest absolute Gasteiger partial charge is 0.0718 e. The van der Waals surface area contributed by atoms with Crippen molar-refractivity contribution in [1.82, 2.24) is 10.2 Å². The molecule has 1 heterocycles. The van der Waals surface area contributed by atoms with E-state index in [1.54, 1.807) is 0 Å². The van der Waals surface area contributed by atoms with Crippen LogP contribution in [0.4, 0.5) is 0 Å². The Balaban J connectivity index is 2.28. The van der Waals surface area contributed by atoms with Gasteiger partial charge in [-0.25, -0.2) is 0 Å². The number of aliphatic hydroxyl groups is 1. The molecular weight excluding hydrogens is 152 g/mol. The number of hydrogen-bond donors (Lipinski definition) is 2. The molecule has 0 aromatic rings. The van der Waals surface area contributed by atoms with Crippen molar-refractivity contribution < 1.29 is 5.11 Å². The van der Waals surface area contributed by atoms with E-state index >= 15 is 0 Å². The largest absolute Gasteiger partial charge is 0.389 e. The van der Waals surface area contributed by atoms with Gasteiger partial charge in [0.05, 0.1) is 5.60 Å². The monoisotopic (exact) mass is 172 g/mol. The van der Waals surface area contributed by atoms with E-state index in [2.05, 4.69) is 10.2 Å². The molecule has 2 N–H and O–H groups in total. The standard InChI is InChI=1S/C9H20N2O/c1-9(2,12)7-11-5-4-8(6-11)10-3/h8,10,12H,4-7H2,1-3H3. The second-order valence-corrected chi connectivity index (χ2v) is 4.32. The molecule has 1 fully saturated rings. The van der Waals surface area contributed by atoms with E-state index in [0.717, 1.165) is 19.6 Å². The average molecular weight is 172 g/mol. The molecule has 0 radical (unpaired) electrons. The SMILES string of the molecule is CNC1CCN(CC(C)(C)O)C1. The van der Waals surface area contributed by atoms with Crippen LogP contribution in [0.15, 0.2) is 0 Å². The van der Waals surface area contributed by atoms with Crippen LogP contribution < -0.4 is 5.32 Å². The third kappa shape index (κ3) is 3.09. The first kappa shape index (κ1) is 9.96. The molecule has 12 heavy (non-hydrogen) atoms. The fourth-order valence-corrected chi connectivity index (χ4v) is 1.76. The van der Waals surface area contributed by atoms with Crippen molar-refractivity contribution in [2.24, 2.45) is 0 Å². The molecule has 0 aromatic carbocycles. The first-order chi connectivity index (χ1) is 5.51. The normalized spacial score (nSPS) is 26.5. The van der Waals surface area contributed by atoms with E-state index in [1.165, 1.54) is 6.42 Å². The summed E-state index contributed by atoms with van der Waals surface area (Å²) in [6, 6.07) is 0.618. The van der Waals surface area contributed by atoms with Gasteiger partial charge in [0, 0.05) is 19.1 Å². The van der Waals surface area contributed by atoms with Gasteiger partial charge in [0.15, 0.2) is 0 Å². The van der Waals surface area contributed by atoms with Crippen LogP contribution in [0.5, 0.6) is 0 Å². The Morgan fingerprint density at radius 3 is 2.67 bits per heavy atom. The quantitative estimate of drug-likeness (QED) is 0.631. The highest BCUT2D eigenvalue weighted by Gasteiger charge is 2.25. The molecular formula is C9H20N2O. The Hall–Kier alpha value is -0.120. The summed E-state index contributed by atoms with van der Waals surface area (Å²) in [5, 5.41) is 12.8. The number of rotatable bonds is 3. The van der Waals surface area contributed by atoms with E-state index in [-0.39, 0.29) is 0 Å². The van der Waals surface area contributed by atoms with Crippen molar-refractivity contribution in [1.29, 1.82) is 0 Å². The number of β-amino-alcohol motifs (C(OH)–C–C–N with tert-alkyl or cyclic N) is 1. The van der Waals surface area contributed by atoms with Crippen LogP contribution in [-0.2, 0) is 0 Å². The van der Waals surface area contributed by atoms with E-state index in [0.29, 0.717) is 6.04 Å². The third-order valence-corrected chi connectivity index (χ3v) is 2.29. The molecule has 1 atom stereocenters. The van der Waals surface area contributed by atoms with Crippen LogP contribution in [0.1, 0.15) is 20.3 Å². The van der Waals surface area contributed by atoms with Gasteiger partial charge < -0.3 is 10.4 Å². The fraction of sp³-hybridized carbons (Fsp3) is 1.00. The lowest BCUT2D eigenvalue weighted by atomic mass is 10.1. The number of nitrogens with zero attached hydrogens (tertiary/aromatic N) is 1. The minimum absolute atomic E-state index is 0.553. The van der Waals surface area contributed by atoms with Crippen molar-refractivity contribution in [2.75, 3.05) is 26.7 Å². The molecule has 0 spiro atoms. The maximum atomic E-state index is 9.57. The van der Waals surface area contributed by atoms with Gasteiger partial charge in [0.25, 0.3) is 0 Å². The summed E-state index contributed by atoms with van der Waals surface area (Å²) in [5.41, 5.74) is -0.553. The predicted molar refractivity (Wildman–Crippen MR) is 50.2 cm³/mol. The predicted octanol–water partition coefficient (Wildman–Crippen LogP) is 0.0510. The zero-order chi connectivity index (χ0) is 9.19. The van der Waals surface area contributed by atoms with Gasteiger partial charge in [-0.05, 0) is 33.9 Å². The molecule has 0 aliphatic carbocycles. The molecule has 1 rings (SSSR count). The van der Waals surface area contributed by atoms with Crippen LogP contribution in [0.25, 0.3) is 0 Å². The lowest BCUT2D eigenvalue weighted by Gasteiger charge is -2.24. The summed E-state index contributed by atoms with van der Waals surface area (Å²) in [7, 11) is 2.00. The van der Waals surface area contributed by atoms with E-state index in [9.17, 15) is 5.11 Å². The maximum Gasteiger partial charge on any atom is 0.0718 e. The van der Waals surface area contributed by atoms with Crippen LogP contribution in [0, 0.1) is 0 Å². The molecule has 0 saturated carbocycles. The molecule has 1 unspecified atom stereocenters. The highest BCUT2D eigenvalue weighted by Crippen LogP contribution is 2.12. The van der Waals surface area contributed by atoms with Gasteiger partial charge in [-0.1, -0.05) is 0 Å². The van der Waals surface area contributed by atoms with E-state index in [1.807, 2.05) is 20.9 Å². The highest BCUT2D eigenvalue weighted by atomic mass is 16.3. The van der Waals surface area contributed by atoms with Gasteiger partial charge in [-0.15, -0.1) is 0 Å². The number of hydrogen-bond acceptors (Lipinski definition) is 3. The van der Waals surface area contributed by atoms with Gasteiger partial charge in [-0.2, -0.15) is 0 Å². The number of likely N-dealkylation sites (tertiary alicyclic amines) is 1. The van der Waals surface area contributed by atoms with E-state index in [4.69, 9.17) is 0 Å². The first-order valence-corrected chi connectivity index (χ1v) is 4.63. The Kier molecular flexibility index (Phi) is 3.09. The third-order valence-electron chi connectivity index (χ3n) is 2.29. The minimum Gasteiger partial charge on any atom is -0.389 e. The molecule has 3 nitrogen and oxygen atoms in total. The van der Waals surface area contributed by atoms with Crippen LogP contribution in [0.2, 0.25) is 0 Å². The van der Waals surface area contributed by atoms with Crippen molar-refractivity contribution in [3.05, 3.63) is 0 Å². The van der Waals surface area contributed by atoms with Crippen molar-refractivity contribution in [3.63, 3.8) is 0 Å². The summed E-state index contributed by atoms with van der Waals surface area (Å²) >= 11 is 0. The Labute approximate surface area is 74.8 Å². The summed E-state index contributed by atoms with van der Waals surface area (Å²) in [6.45, 7) is 6.68. The summed E-state index contributed by atoms with van der Waals surface area (Å²) in [6.07, 6.45) is 1.20. The maximum absolute atomic E-state index is 9.57. The Bertz CT molecular complexity index is 142. The average Bonchev–Trinajstić information content (AvgIpc) is 2.32. The van der Waals surface area contributed by atoms with Gasteiger partial charge >= 0.3 is 0 Å². The molecule has 1 aliphatic rings. The highest BCUT2D eigenvalue weighted by molar-refractivity contribution is 4.83. The topological polar surface area (TPSA) is 35.5 Å².